The number of quaternary nitrogens is 1. The van der Waals surface area contributed by atoms with Crippen LogP contribution in [0.3, 0.4) is 0 Å². The van der Waals surface area contributed by atoms with Gasteiger partial charge in [0.15, 0.2) is 0 Å². The Kier molecular flexibility index (Phi) is 92.9. The van der Waals surface area contributed by atoms with Gasteiger partial charge in [-0.1, -0.05) is 71.3 Å². The van der Waals surface area contributed by atoms with Crippen LogP contribution in [-0.4, -0.2) is 243 Å². The molecule has 21 nitrogen and oxygen atoms in total. The maximum Gasteiger partial charge on any atom is 0.0545 e. The molecule has 5 heterocycles. The van der Waals surface area contributed by atoms with Gasteiger partial charge in [0.2, 0.25) is 0 Å². The minimum absolute atomic E-state index is 0. The fourth-order valence-electron chi connectivity index (χ4n) is 11.4. The van der Waals surface area contributed by atoms with Crippen LogP contribution >= 0.6 is 80.8 Å². The van der Waals surface area contributed by atoms with Gasteiger partial charge < -0.3 is 119 Å². The molecule has 2 unspecified atom stereocenters. The van der Waals surface area contributed by atoms with Crippen molar-refractivity contribution in [1.29, 1.82) is 0 Å². The van der Waals surface area contributed by atoms with Crippen LogP contribution in [0.4, 0.5) is 0 Å². The number of hydrogen-bond acceptors (Lipinski definition) is 20. The molecule has 0 amide bonds. The van der Waals surface area contributed by atoms with Crippen molar-refractivity contribution in [1.82, 2.24) is 106 Å². The molecule has 34 heteroatoms. The number of aromatic nitrogens is 1. The fraction of sp³-hybridized carbons (Fsp3) is 0.923. The third-order valence-electron chi connectivity index (χ3n) is 17.4. The Hall–Kier alpha value is 3.04. The molecule has 4 fully saturated rings. The monoisotopic (exact) mass is 1750 g/mol. The summed E-state index contributed by atoms with van der Waals surface area (Å²) >= 11 is 0.0278. The molecule has 1 aliphatic carbocycles. The molecule has 9 atom stereocenters. The zero-order valence-corrected chi connectivity index (χ0v) is 72.8. The van der Waals surface area contributed by atoms with E-state index in [2.05, 4.69) is 171 Å². The van der Waals surface area contributed by atoms with Gasteiger partial charge in [-0.05, 0) is 84.8 Å². The number of fused-ring (bicyclic) bond motifs is 3. The number of nitrogens with zero attached hydrogens (tertiary/aromatic N) is 1. The Morgan fingerprint density at radius 3 is 1.01 bits per heavy atom. The number of halogens is 9. The van der Waals surface area contributed by atoms with E-state index in [0.717, 1.165) is 208 Å². The second kappa shape index (κ2) is 86.6. The van der Waals surface area contributed by atoms with E-state index in [1.54, 1.807) is 0 Å². The van der Waals surface area contributed by atoms with Crippen molar-refractivity contribution < 1.29 is 70.7 Å². The van der Waals surface area contributed by atoms with E-state index in [0.29, 0.717) is 54.4 Å². The number of hydrogen-bond donors (Lipinski definition) is 20. The van der Waals surface area contributed by atoms with Gasteiger partial charge in [0, 0.05) is 244 Å². The zero-order valence-electron chi connectivity index (χ0n) is 61.3. The standard InChI is InChI=1S/C23H50N6.C15H35N5.C14H33N5.C13H23N5.9ClH.4Mn/c1-2-3-4-9-21-19-29-23-12-6-5-11-22(23)27-17-15-25-14-16-26-20(18-28-21)10-7-8-13-24;1-2-3-4-5-15-14-19-11-10-17-7-6-16-8-9-18-12-13-20-15;1-11-13(3)18-9-10-19-14(4)12(2)17-8-6-15-5-7-16-11;1-2-12-10-16-8-6-14-4-5-15-7-9-17-11-13(3-1)18-12;;;;;;;;;;;;;/h20-23,25-29H,2-19,24H2,1H3;15-20H,2-14H2,1H3;11-19H,5-10H2,1-4H3;1-3,14-17H,4-11H2;9*1H;;;;/q;;;;;;;;;;;;;4*+2/p-8/t20-,21-,22?,23?;15-;11-,12-,13-,14-;;;;;;;;;;;;;;/m001............../s1. The molecule has 5 aliphatic rings. The summed E-state index contributed by atoms with van der Waals surface area (Å²) in [4.78, 5) is 4.62. The average molecular weight is 1760 g/mol. The van der Waals surface area contributed by atoms with Gasteiger partial charge in [0.25, 0.3) is 0 Å². The van der Waals surface area contributed by atoms with Gasteiger partial charge in [-0.3, -0.25) is 4.98 Å². The average Bonchev–Trinajstić information content (AvgIpc) is 1.48. The third-order valence-corrected chi connectivity index (χ3v) is 17.4. The number of rotatable bonds is 12. The molecule has 2 bridgehead atoms. The van der Waals surface area contributed by atoms with Gasteiger partial charge in [0.1, 0.15) is 0 Å². The van der Waals surface area contributed by atoms with Gasteiger partial charge >= 0.3 is 133 Å². The second-order valence-corrected chi connectivity index (χ2v) is 33.0. The molecular weight excluding hydrogens is 1610 g/mol. The first-order valence-electron chi connectivity index (χ1n) is 36.9. The predicted octanol–water partition coefficient (Wildman–Crippen LogP) is 2.35. The van der Waals surface area contributed by atoms with Crippen molar-refractivity contribution in [3.05, 3.63) is 29.6 Å². The summed E-state index contributed by atoms with van der Waals surface area (Å²) in [5.74, 6) is 0. The topological polar surface area (TPSA) is 269 Å². The van der Waals surface area contributed by atoms with Gasteiger partial charge in [0.05, 0.1) is 17.9 Å². The van der Waals surface area contributed by atoms with Crippen LogP contribution in [0.15, 0.2) is 18.2 Å². The van der Waals surface area contributed by atoms with Crippen molar-refractivity contribution >= 4 is 80.8 Å². The summed E-state index contributed by atoms with van der Waals surface area (Å²) in [7, 11) is 38.4. The molecule has 22 N–H and O–H groups in total. The van der Waals surface area contributed by atoms with Crippen LogP contribution in [0.2, 0.25) is 0 Å². The van der Waals surface area contributed by atoms with Crippen molar-refractivity contribution in [2.45, 2.75) is 205 Å². The summed E-state index contributed by atoms with van der Waals surface area (Å²) in [6.45, 7) is 44.4. The van der Waals surface area contributed by atoms with Gasteiger partial charge in [-0.2, -0.15) is 0 Å². The summed E-state index contributed by atoms with van der Waals surface area (Å²) in [5.41, 5.74) is 6.23. The van der Waals surface area contributed by atoms with Crippen LogP contribution < -0.4 is 119 Å². The Balaban J connectivity index is -0.00000119. The molecule has 598 valence electrons. The van der Waals surface area contributed by atoms with E-state index in [-0.39, 0.29) is 64.9 Å². The number of unbranched alkanes of at least 4 members (excludes halogenated alkanes) is 5. The molecule has 3 saturated heterocycles. The van der Waals surface area contributed by atoms with Crippen LogP contribution in [0.25, 0.3) is 0 Å². The Labute approximate surface area is 669 Å². The van der Waals surface area contributed by atoms with Crippen molar-refractivity contribution in [3.63, 3.8) is 0 Å². The van der Waals surface area contributed by atoms with E-state index in [9.17, 15) is 0 Å². The van der Waals surface area contributed by atoms with Crippen molar-refractivity contribution in [3.8, 4) is 0 Å². The molecule has 0 aromatic carbocycles. The normalized spacial score (nSPS) is 25.5. The van der Waals surface area contributed by atoms with Crippen LogP contribution in [0.1, 0.15) is 149 Å². The molecule has 1 aromatic rings. The fourth-order valence-corrected chi connectivity index (χ4v) is 11.4. The zero-order chi connectivity index (χ0) is 72.3. The van der Waals surface area contributed by atoms with Crippen molar-refractivity contribution in [2.75, 3.05) is 183 Å². The largest absolute Gasteiger partial charge is 0.314 e. The van der Waals surface area contributed by atoms with Crippen molar-refractivity contribution in [2.24, 2.45) is 0 Å². The molecule has 0 spiro atoms. The molecule has 1 saturated carbocycles. The summed E-state index contributed by atoms with van der Waals surface area (Å²) < 4.78 is 0. The number of nitrogens with one attached hydrogen (secondary N) is 19. The van der Waals surface area contributed by atoms with E-state index in [1.807, 2.05) is 0 Å². The van der Waals surface area contributed by atoms with E-state index in [1.165, 1.54) is 96.3 Å². The van der Waals surface area contributed by atoms with Gasteiger partial charge in [-0.15, -0.1) is 0 Å². The van der Waals surface area contributed by atoms with Crippen LogP contribution in [-0.2, 0) is 65.6 Å². The molecule has 4 aliphatic heterocycles. The second-order valence-electron chi connectivity index (χ2n) is 25.2. The Bertz CT molecular complexity index is 1650. The SMILES string of the molecule is CCCCC[C@H]1CNC2CCCCC2NCCNCCN[C@@H](CCCC[NH3+])CN1.CCCCC[C@H]1CNCCNCCNCCNCCN1.C[C@H]1NCCNCCN[C@H](C)[C@@H](C)NCCN[C@@H]1C.[Cl-].[Cl][Mn][Cl].[Cl][Mn][Cl].[Cl][Mn][Cl].[Cl][Mn][Cl].c1cc2nc(c1)CNCCNCCNCCNC2. The third kappa shape index (κ3) is 73.6. The van der Waals surface area contributed by atoms with Crippen LogP contribution in [0.5, 0.6) is 0 Å². The quantitative estimate of drug-likeness (QED) is 0.106. The molecule has 0 radical (unpaired) electrons. The summed E-state index contributed by atoms with van der Waals surface area (Å²) in [6.07, 6.45) is 19.7. The van der Waals surface area contributed by atoms with Crippen LogP contribution in [0, 0.1) is 0 Å². The van der Waals surface area contributed by atoms with E-state index < -0.39 is 0 Å². The Morgan fingerprint density at radius 1 is 0.354 bits per heavy atom. The summed E-state index contributed by atoms with van der Waals surface area (Å²) in [6, 6.07) is 11.3. The maximum atomic E-state index is 4.80. The maximum absolute atomic E-state index is 4.80. The first kappa shape index (κ1) is 106. The number of pyridine rings is 1. The van der Waals surface area contributed by atoms with E-state index >= 15 is 0 Å². The molecular formula is C65H142Cl9Mn4N21. The molecule has 6 rings (SSSR count). The van der Waals surface area contributed by atoms with E-state index in [4.69, 9.17) is 80.8 Å². The minimum Gasteiger partial charge on any atom is -0.314 e. The first-order valence-corrected chi connectivity index (χ1v) is 49.9. The Morgan fingerprint density at radius 2 is 0.636 bits per heavy atom. The molecule has 99 heavy (non-hydrogen) atoms. The first-order chi connectivity index (χ1) is 48.0. The summed E-state index contributed by atoms with van der Waals surface area (Å²) in [5, 5.41) is 68.0. The van der Waals surface area contributed by atoms with Gasteiger partial charge in [-0.25, -0.2) is 0 Å². The minimum atomic E-state index is 0. The smallest absolute Gasteiger partial charge is 0.0545 e. The molecule has 1 aromatic heterocycles. The predicted molar refractivity (Wildman–Crippen MR) is 415 cm³/mol.